The van der Waals surface area contributed by atoms with Gasteiger partial charge in [-0.05, 0) is 12.5 Å². The summed E-state index contributed by atoms with van der Waals surface area (Å²) in [6.07, 6.45) is 1.50. The van der Waals surface area contributed by atoms with E-state index in [0.717, 1.165) is 5.56 Å². The Balaban J connectivity index is 2.14. The molecule has 2 aromatic rings. The molecule has 1 aromatic carbocycles. The Morgan fingerprint density at radius 2 is 2.31 bits per heavy atom. The fourth-order valence-electron chi connectivity index (χ4n) is 1.74. The summed E-state index contributed by atoms with van der Waals surface area (Å²) in [4.78, 5) is 0. The Hall–Kier alpha value is -1.81. The maximum absolute atomic E-state index is 9.99. The molecular weight excluding hydrogens is 202 g/mol. The molecule has 16 heavy (non-hydrogen) atoms. The first kappa shape index (κ1) is 10.7. The number of aliphatic hydroxyl groups excluding tert-OH is 1. The van der Waals surface area contributed by atoms with Gasteiger partial charge in [0.15, 0.2) is 0 Å². The number of nitrogens with zero attached hydrogens (tertiary/aromatic N) is 1. The van der Waals surface area contributed by atoms with Crippen LogP contribution in [-0.2, 0) is 6.42 Å². The number of benzene rings is 1. The number of nitrogens with one attached hydrogen (secondary N) is 1. The predicted molar refractivity (Wildman–Crippen MR) is 62.8 cm³/mol. The van der Waals surface area contributed by atoms with Crippen LogP contribution in [0.3, 0.4) is 0 Å². The summed E-state index contributed by atoms with van der Waals surface area (Å²) < 4.78 is 0. The molecule has 2 rings (SSSR count). The van der Waals surface area contributed by atoms with Gasteiger partial charge in [0.2, 0.25) is 0 Å². The molecule has 0 aliphatic heterocycles. The third-order valence-electron chi connectivity index (χ3n) is 2.57. The summed E-state index contributed by atoms with van der Waals surface area (Å²) in [5, 5.41) is 16.4. The molecular formula is C12H15N3O. The van der Waals surface area contributed by atoms with Gasteiger partial charge in [0.05, 0.1) is 12.3 Å². The Bertz CT molecular complexity index is 479. The van der Waals surface area contributed by atoms with Gasteiger partial charge >= 0.3 is 0 Å². The molecule has 0 spiro atoms. The minimum atomic E-state index is -0.611. The second-order valence-corrected chi connectivity index (χ2v) is 3.95. The topological polar surface area (TPSA) is 74.9 Å². The van der Waals surface area contributed by atoms with Gasteiger partial charge < -0.3 is 10.8 Å². The number of hydrogen-bond acceptors (Lipinski definition) is 3. The summed E-state index contributed by atoms with van der Waals surface area (Å²) in [7, 11) is 0. The maximum Gasteiger partial charge on any atom is 0.124 e. The molecule has 1 aromatic heterocycles. The third-order valence-corrected chi connectivity index (χ3v) is 2.57. The lowest BCUT2D eigenvalue weighted by Gasteiger charge is -2.09. The highest BCUT2D eigenvalue weighted by Gasteiger charge is 2.13. The number of aromatic amines is 1. The molecule has 84 valence electrons. The Morgan fingerprint density at radius 3 is 2.94 bits per heavy atom. The molecule has 1 unspecified atom stereocenters. The fourth-order valence-corrected chi connectivity index (χ4v) is 1.74. The zero-order valence-electron chi connectivity index (χ0n) is 9.14. The van der Waals surface area contributed by atoms with Crippen LogP contribution < -0.4 is 5.73 Å². The van der Waals surface area contributed by atoms with E-state index in [1.165, 1.54) is 5.56 Å². The Morgan fingerprint density at radius 1 is 1.50 bits per heavy atom. The van der Waals surface area contributed by atoms with Gasteiger partial charge in [0.1, 0.15) is 5.82 Å². The van der Waals surface area contributed by atoms with Crippen molar-refractivity contribution < 1.29 is 5.11 Å². The smallest absolute Gasteiger partial charge is 0.124 e. The van der Waals surface area contributed by atoms with Crippen molar-refractivity contribution in [3.63, 3.8) is 0 Å². The van der Waals surface area contributed by atoms with E-state index >= 15 is 0 Å². The number of rotatable bonds is 3. The number of aryl methyl sites for hydroxylation is 1. The van der Waals surface area contributed by atoms with Gasteiger partial charge in [-0.2, -0.15) is 5.10 Å². The van der Waals surface area contributed by atoms with Crippen LogP contribution in [0.1, 0.15) is 22.8 Å². The number of aliphatic hydroxyl groups is 1. The summed E-state index contributed by atoms with van der Waals surface area (Å²) in [6, 6.07) is 8.06. The van der Waals surface area contributed by atoms with Crippen LogP contribution in [0.15, 0.2) is 30.5 Å². The first-order chi connectivity index (χ1) is 7.66. The van der Waals surface area contributed by atoms with Crippen molar-refractivity contribution in [3.8, 4) is 0 Å². The fraction of sp³-hybridized carbons (Fsp3) is 0.250. The quantitative estimate of drug-likeness (QED) is 0.730. The number of aromatic nitrogens is 2. The second kappa shape index (κ2) is 4.37. The molecule has 0 aliphatic carbocycles. The van der Waals surface area contributed by atoms with Gasteiger partial charge in [-0.3, -0.25) is 5.10 Å². The van der Waals surface area contributed by atoms with Crippen molar-refractivity contribution in [1.29, 1.82) is 0 Å². The molecule has 0 saturated carbocycles. The lowest BCUT2D eigenvalue weighted by molar-refractivity contribution is 0.179. The van der Waals surface area contributed by atoms with Gasteiger partial charge in [-0.25, -0.2) is 0 Å². The molecule has 0 fully saturated rings. The Kier molecular flexibility index (Phi) is 2.92. The van der Waals surface area contributed by atoms with Crippen LogP contribution in [0.25, 0.3) is 0 Å². The van der Waals surface area contributed by atoms with Crippen LogP contribution in [0.4, 0.5) is 5.82 Å². The number of H-pyrrole nitrogens is 1. The van der Waals surface area contributed by atoms with Crippen molar-refractivity contribution in [1.82, 2.24) is 10.2 Å². The highest BCUT2D eigenvalue weighted by atomic mass is 16.3. The van der Waals surface area contributed by atoms with Crippen molar-refractivity contribution in [3.05, 3.63) is 47.2 Å². The van der Waals surface area contributed by atoms with Crippen molar-refractivity contribution >= 4 is 5.82 Å². The molecule has 1 atom stereocenters. The molecule has 0 aliphatic rings. The average molecular weight is 217 g/mol. The molecule has 0 saturated heterocycles. The molecule has 1 heterocycles. The van der Waals surface area contributed by atoms with Gasteiger partial charge in [0.25, 0.3) is 0 Å². The van der Waals surface area contributed by atoms with Crippen molar-refractivity contribution in [2.24, 2.45) is 0 Å². The summed E-state index contributed by atoms with van der Waals surface area (Å²) in [6.45, 7) is 2.03. The van der Waals surface area contributed by atoms with Crippen LogP contribution in [0, 0.1) is 6.92 Å². The lowest BCUT2D eigenvalue weighted by Crippen LogP contribution is -2.03. The van der Waals surface area contributed by atoms with Crippen LogP contribution in [0.5, 0.6) is 0 Å². The average Bonchev–Trinajstić information content (AvgIpc) is 2.64. The summed E-state index contributed by atoms with van der Waals surface area (Å²) in [5.74, 6) is 0.431. The third kappa shape index (κ3) is 2.23. The van der Waals surface area contributed by atoms with Crippen LogP contribution in [0.2, 0.25) is 0 Å². The van der Waals surface area contributed by atoms with Gasteiger partial charge in [-0.15, -0.1) is 0 Å². The molecule has 4 nitrogen and oxygen atoms in total. The van der Waals surface area contributed by atoms with Crippen LogP contribution in [-0.4, -0.2) is 15.3 Å². The monoisotopic (exact) mass is 217 g/mol. The van der Waals surface area contributed by atoms with Crippen molar-refractivity contribution in [2.75, 3.05) is 5.73 Å². The Labute approximate surface area is 94.1 Å². The summed E-state index contributed by atoms with van der Waals surface area (Å²) in [5.41, 5.74) is 8.58. The minimum absolute atomic E-state index is 0.431. The second-order valence-electron chi connectivity index (χ2n) is 3.95. The lowest BCUT2D eigenvalue weighted by atomic mass is 10.0. The standard InChI is InChI=1S/C12H15N3O/c1-8-3-2-4-9(5-8)6-11(16)10-7-14-15-12(10)13/h2-5,7,11,16H,6H2,1H3,(H3,13,14,15). The van der Waals surface area contributed by atoms with E-state index in [4.69, 9.17) is 5.73 Å². The SMILES string of the molecule is Cc1cccc(CC(O)c2cn[nH]c2N)c1. The first-order valence-electron chi connectivity index (χ1n) is 5.19. The van der Waals surface area contributed by atoms with E-state index < -0.39 is 6.10 Å². The van der Waals surface area contributed by atoms with E-state index in [9.17, 15) is 5.11 Å². The molecule has 4 heteroatoms. The minimum Gasteiger partial charge on any atom is -0.388 e. The van der Waals surface area contributed by atoms with E-state index in [2.05, 4.69) is 16.3 Å². The number of nitrogen functional groups attached to an aromatic ring is 1. The highest BCUT2D eigenvalue weighted by molar-refractivity contribution is 5.39. The number of hydrogen-bond donors (Lipinski definition) is 3. The molecule has 4 N–H and O–H groups in total. The van der Waals surface area contributed by atoms with Crippen molar-refractivity contribution in [2.45, 2.75) is 19.4 Å². The zero-order chi connectivity index (χ0) is 11.5. The zero-order valence-corrected chi connectivity index (χ0v) is 9.14. The number of anilines is 1. The van der Waals surface area contributed by atoms with Gasteiger partial charge in [-0.1, -0.05) is 29.8 Å². The van der Waals surface area contributed by atoms with E-state index in [1.807, 2.05) is 25.1 Å². The molecule has 0 bridgehead atoms. The van der Waals surface area contributed by atoms with Crippen LogP contribution >= 0.6 is 0 Å². The van der Waals surface area contributed by atoms with E-state index in [1.54, 1.807) is 6.20 Å². The number of nitrogens with two attached hydrogens (primary N) is 1. The first-order valence-corrected chi connectivity index (χ1v) is 5.19. The van der Waals surface area contributed by atoms with Gasteiger partial charge in [0, 0.05) is 12.0 Å². The normalized spacial score (nSPS) is 12.6. The predicted octanol–water partition coefficient (Wildman–Crippen LogP) is 1.58. The highest BCUT2D eigenvalue weighted by Crippen LogP contribution is 2.21. The molecule has 0 amide bonds. The molecule has 0 radical (unpaired) electrons. The van der Waals surface area contributed by atoms with E-state index in [0.29, 0.717) is 17.8 Å². The largest absolute Gasteiger partial charge is 0.388 e. The summed E-state index contributed by atoms with van der Waals surface area (Å²) >= 11 is 0. The van der Waals surface area contributed by atoms with E-state index in [-0.39, 0.29) is 0 Å². The maximum atomic E-state index is 9.99.